The summed E-state index contributed by atoms with van der Waals surface area (Å²) in [7, 11) is 1.60. The minimum Gasteiger partial charge on any atom is -0.450 e. The van der Waals surface area contributed by atoms with Crippen molar-refractivity contribution in [1.82, 2.24) is 10.6 Å². The number of rotatable bonds is 4. The summed E-state index contributed by atoms with van der Waals surface area (Å²) >= 11 is 4.86. The van der Waals surface area contributed by atoms with E-state index in [2.05, 4.69) is 15.4 Å². The molecular weight excluding hydrogens is 204 g/mol. The summed E-state index contributed by atoms with van der Waals surface area (Å²) in [5.74, 6) is 0. The number of carbonyl (C=O) groups excluding carboxylic acids is 1. The van der Waals surface area contributed by atoms with Gasteiger partial charge < -0.3 is 14.8 Å². The Morgan fingerprint density at radius 1 is 1.57 bits per heavy atom. The molecule has 0 bridgehead atoms. The van der Waals surface area contributed by atoms with Gasteiger partial charge in [-0.1, -0.05) is 0 Å². The molecule has 0 fully saturated rings. The van der Waals surface area contributed by atoms with E-state index < -0.39 is 6.09 Å². The average molecular weight is 220 g/mol. The molecule has 2 N–H and O–H groups in total. The summed E-state index contributed by atoms with van der Waals surface area (Å²) in [5, 5.41) is 5.48. The van der Waals surface area contributed by atoms with Crippen molar-refractivity contribution < 1.29 is 14.3 Å². The molecule has 0 heterocycles. The van der Waals surface area contributed by atoms with Gasteiger partial charge in [0.15, 0.2) is 5.11 Å². The quantitative estimate of drug-likeness (QED) is 0.681. The highest BCUT2D eigenvalue weighted by molar-refractivity contribution is 7.80. The lowest BCUT2D eigenvalue weighted by Crippen LogP contribution is -2.44. The topological polar surface area (TPSA) is 59.6 Å². The highest BCUT2D eigenvalue weighted by Gasteiger charge is 2.07. The van der Waals surface area contributed by atoms with Crippen LogP contribution in [0.3, 0.4) is 0 Å². The van der Waals surface area contributed by atoms with Gasteiger partial charge in [0.1, 0.15) is 0 Å². The van der Waals surface area contributed by atoms with Crippen molar-refractivity contribution in [2.24, 2.45) is 0 Å². The van der Waals surface area contributed by atoms with Crippen molar-refractivity contribution in [1.29, 1.82) is 0 Å². The SMILES string of the molecule is CCOC(=O)NC(=S)NC(C)COC. The van der Waals surface area contributed by atoms with Crippen LogP contribution in [0.2, 0.25) is 0 Å². The fraction of sp³-hybridized carbons (Fsp3) is 0.750. The first-order chi connectivity index (χ1) is 6.60. The van der Waals surface area contributed by atoms with Crippen molar-refractivity contribution in [2.45, 2.75) is 19.9 Å². The lowest BCUT2D eigenvalue weighted by molar-refractivity contribution is 0.157. The Labute approximate surface area is 89.1 Å². The molecule has 1 unspecified atom stereocenters. The number of alkyl carbamates (subject to hydrolysis) is 1. The molecule has 0 aliphatic heterocycles. The van der Waals surface area contributed by atoms with E-state index in [9.17, 15) is 4.79 Å². The van der Waals surface area contributed by atoms with Crippen LogP contribution >= 0.6 is 12.2 Å². The van der Waals surface area contributed by atoms with Gasteiger partial charge in [0, 0.05) is 13.2 Å². The number of methoxy groups -OCH3 is 1. The Hall–Kier alpha value is -0.880. The fourth-order valence-electron chi connectivity index (χ4n) is 0.811. The van der Waals surface area contributed by atoms with Gasteiger partial charge in [-0.2, -0.15) is 0 Å². The predicted octanol–water partition coefficient (Wildman–Crippen LogP) is 0.642. The van der Waals surface area contributed by atoms with Crippen LogP contribution in [0.4, 0.5) is 4.79 Å². The van der Waals surface area contributed by atoms with Crippen LogP contribution < -0.4 is 10.6 Å². The van der Waals surface area contributed by atoms with E-state index in [4.69, 9.17) is 17.0 Å². The number of hydrogen-bond donors (Lipinski definition) is 2. The second-order valence-electron chi connectivity index (χ2n) is 2.68. The molecule has 1 amide bonds. The lowest BCUT2D eigenvalue weighted by atomic mass is 10.4. The molecule has 0 aromatic carbocycles. The van der Waals surface area contributed by atoms with E-state index in [1.807, 2.05) is 6.92 Å². The van der Waals surface area contributed by atoms with Crippen molar-refractivity contribution in [3.63, 3.8) is 0 Å². The van der Waals surface area contributed by atoms with Crippen molar-refractivity contribution in [3.8, 4) is 0 Å². The fourth-order valence-corrected chi connectivity index (χ4v) is 1.10. The van der Waals surface area contributed by atoms with E-state index in [1.165, 1.54) is 0 Å². The molecule has 0 saturated carbocycles. The van der Waals surface area contributed by atoms with Crippen LogP contribution in [-0.2, 0) is 9.47 Å². The number of thiocarbonyl (C=S) groups is 1. The Morgan fingerprint density at radius 2 is 2.21 bits per heavy atom. The largest absolute Gasteiger partial charge is 0.450 e. The van der Waals surface area contributed by atoms with Gasteiger partial charge in [-0.3, -0.25) is 5.32 Å². The molecule has 6 heteroatoms. The maximum Gasteiger partial charge on any atom is 0.413 e. The summed E-state index contributed by atoms with van der Waals surface area (Å²) in [5.41, 5.74) is 0. The van der Waals surface area contributed by atoms with Gasteiger partial charge in [0.2, 0.25) is 0 Å². The molecule has 0 radical (unpaired) electrons. The van der Waals surface area contributed by atoms with E-state index in [-0.39, 0.29) is 11.2 Å². The molecule has 5 nitrogen and oxygen atoms in total. The minimum absolute atomic E-state index is 0.0504. The Kier molecular flexibility index (Phi) is 7.04. The van der Waals surface area contributed by atoms with E-state index in [1.54, 1.807) is 14.0 Å². The number of carbonyl (C=O) groups is 1. The Bertz CT molecular complexity index is 199. The summed E-state index contributed by atoms with van der Waals surface area (Å²) < 4.78 is 9.54. The van der Waals surface area contributed by atoms with Crippen LogP contribution in [0.15, 0.2) is 0 Å². The molecule has 14 heavy (non-hydrogen) atoms. The molecule has 0 aliphatic rings. The van der Waals surface area contributed by atoms with E-state index in [0.717, 1.165) is 0 Å². The first-order valence-corrected chi connectivity index (χ1v) is 4.74. The van der Waals surface area contributed by atoms with E-state index in [0.29, 0.717) is 13.2 Å². The monoisotopic (exact) mass is 220 g/mol. The Balaban J connectivity index is 3.69. The highest BCUT2D eigenvalue weighted by atomic mass is 32.1. The van der Waals surface area contributed by atoms with Crippen LogP contribution in [0.1, 0.15) is 13.8 Å². The van der Waals surface area contributed by atoms with Gasteiger partial charge in [0.25, 0.3) is 0 Å². The van der Waals surface area contributed by atoms with Gasteiger partial charge in [-0.05, 0) is 26.1 Å². The third-order valence-corrected chi connectivity index (χ3v) is 1.51. The van der Waals surface area contributed by atoms with Crippen molar-refractivity contribution in [2.75, 3.05) is 20.3 Å². The number of nitrogens with one attached hydrogen (secondary N) is 2. The second-order valence-corrected chi connectivity index (χ2v) is 3.08. The normalized spacial score (nSPS) is 11.6. The molecule has 0 spiro atoms. The minimum atomic E-state index is -0.547. The Morgan fingerprint density at radius 3 is 2.71 bits per heavy atom. The van der Waals surface area contributed by atoms with Gasteiger partial charge in [-0.15, -0.1) is 0 Å². The van der Waals surface area contributed by atoms with Gasteiger partial charge in [-0.25, -0.2) is 4.79 Å². The summed E-state index contributed by atoms with van der Waals surface area (Å²) in [6.45, 7) is 4.46. The zero-order valence-electron chi connectivity index (χ0n) is 8.62. The van der Waals surface area contributed by atoms with Gasteiger partial charge in [0.05, 0.1) is 13.2 Å². The van der Waals surface area contributed by atoms with Crippen LogP contribution in [-0.4, -0.2) is 37.6 Å². The molecule has 0 saturated heterocycles. The molecule has 0 aliphatic carbocycles. The molecule has 82 valence electrons. The number of hydrogen-bond acceptors (Lipinski definition) is 4. The van der Waals surface area contributed by atoms with Crippen LogP contribution in [0.5, 0.6) is 0 Å². The number of ether oxygens (including phenoxy) is 2. The van der Waals surface area contributed by atoms with E-state index >= 15 is 0 Å². The van der Waals surface area contributed by atoms with Crippen LogP contribution in [0, 0.1) is 0 Å². The van der Waals surface area contributed by atoms with Crippen molar-refractivity contribution >= 4 is 23.4 Å². The van der Waals surface area contributed by atoms with Crippen molar-refractivity contribution in [3.05, 3.63) is 0 Å². The summed E-state index contributed by atoms with van der Waals surface area (Å²) in [4.78, 5) is 10.9. The number of amides is 1. The molecule has 1 atom stereocenters. The summed E-state index contributed by atoms with van der Waals surface area (Å²) in [6.07, 6.45) is -0.547. The third kappa shape index (κ3) is 6.62. The second kappa shape index (κ2) is 7.52. The molecule has 0 aromatic heterocycles. The molecule has 0 aromatic rings. The van der Waals surface area contributed by atoms with Crippen LogP contribution in [0.25, 0.3) is 0 Å². The molecular formula is C8H16N2O3S. The standard InChI is InChI=1S/C8H16N2O3S/c1-4-13-8(11)10-7(14)9-6(2)5-12-3/h6H,4-5H2,1-3H3,(H2,9,10,11,14). The van der Waals surface area contributed by atoms with Gasteiger partial charge >= 0.3 is 6.09 Å². The smallest absolute Gasteiger partial charge is 0.413 e. The third-order valence-electron chi connectivity index (χ3n) is 1.29. The average Bonchev–Trinajstić information content (AvgIpc) is 2.03. The zero-order valence-corrected chi connectivity index (χ0v) is 9.44. The maximum absolute atomic E-state index is 10.9. The molecule has 0 rings (SSSR count). The summed E-state index contributed by atoms with van der Waals surface area (Å²) in [6, 6.07) is 0.0504. The first-order valence-electron chi connectivity index (χ1n) is 4.33. The first kappa shape index (κ1) is 13.1. The highest BCUT2D eigenvalue weighted by Crippen LogP contribution is 1.83. The maximum atomic E-state index is 10.9. The predicted molar refractivity (Wildman–Crippen MR) is 57.2 cm³/mol. The zero-order chi connectivity index (χ0) is 11.0. The lowest BCUT2D eigenvalue weighted by Gasteiger charge is -2.14.